The van der Waals surface area contributed by atoms with E-state index in [9.17, 15) is 0 Å². The second-order valence-electron chi connectivity index (χ2n) is 4.38. The van der Waals surface area contributed by atoms with Crippen molar-refractivity contribution in [3.8, 4) is 0 Å². The fourth-order valence-corrected chi connectivity index (χ4v) is 0.860. The van der Waals surface area contributed by atoms with E-state index in [2.05, 4.69) is 46.8 Å². The first-order valence-electron chi connectivity index (χ1n) is 5.07. The zero-order chi connectivity index (χ0) is 10.4. The van der Waals surface area contributed by atoms with Gasteiger partial charge >= 0.3 is 0 Å². The van der Waals surface area contributed by atoms with E-state index >= 15 is 0 Å². The number of rotatable bonds is 4. The monoisotopic (exact) mass is 181 g/mol. The standard InChI is InChI=1S/C12H23N/c1-9(2)6-7-12(13)8-11(5)10(3)4/h7-10H,6,13H2,1-5H3/b11-8+,12-7+. The summed E-state index contributed by atoms with van der Waals surface area (Å²) >= 11 is 0. The van der Waals surface area contributed by atoms with Gasteiger partial charge in [0.05, 0.1) is 0 Å². The van der Waals surface area contributed by atoms with Crippen LogP contribution in [0, 0.1) is 11.8 Å². The summed E-state index contributed by atoms with van der Waals surface area (Å²) in [6.45, 7) is 10.9. The normalized spacial score (nSPS) is 14.4. The second kappa shape index (κ2) is 5.85. The number of nitrogens with two attached hydrogens (primary N) is 1. The summed E-state index contributed by atoms with van der Waals surface area (Å²) in [5.41, 5.74) is 8.09. The summed E-state index contributed by atoms with van der Waals surface area (Å²) in [6, 6.07) is 0. The van der Waals surface area contributed by atoms with E-state index in [4.69, 9.17) is 5.73 Å². The molecule has 0 aliphatic rings. The van der Waals surface area contributed by atoms with E-state index in [0.29, 0.717) is 11.8 Å². The maximum absolute atomic E-state index is 5.85. The molecule has 0 fully saturated rings. The quantitative estimate of drug-likeness (QED) is 0.660. The van der Waals surface area contributed by atoms with Gasteiger partial charge in [0.2, 0.25) is 0 Å². The van der Waals surface area contributed by atoms with Crippen LogP contribution in [0.2, 0.25) is 0 Å². The SMILES string of the molecule is C/C(=C\C(N)=C/CC(C)C)C(C)C. The Kier molecular flexibility index (Phi) is 5.52. The lowest BCUT2D eigenvalue weighted by molar-refractivity contribution is 0.661. The molecule has 2 N–H and O–H groups in total. The molecule has 0 heterocycles. The van der Waals surface area contributed by atoms with Gasteiger partial charge in [-0.3, -0.25) is 0 Å². The zero-order valence-corrected chi connectivity index (χ0v) is 9.59. The van der Waals surface area contributed by atoms with Crippen molar-refractivity contribution in [2.45, 2.75) is 41.0 Å². The van der Waals surface area contributed by atoms with E-state index in [-0.39, 0.29) is 0 Å². The largest absolute Gasteiger partial charge is 0.399 e. The first-order valence-corrected chi connectivity index (χ1v) is 5.07. The van der Waals surface area contributed by atoms with Crippen molar-refractivity contribution in [2.24, 2.45) is 17.6 Å². The first kappa shape index (κ1) is 12.3. The molecule has 0 amide bonds. The molecule has 0 unspecified atom stereocenters. The predicted molar refractivity (Wildman–Crippen MR) is 60.3 cm³/mol. The second-order valence-corrected chi connectivity index (χ2v) is 4.38. The van der Waals surface area contributed by atoms with Crippen molar-refractivity contribution >= 4 is 0 Å². The highest BCUT2D eigenvalue weighted by molar-refractivity contribution is 5.20. The highest BCUT2D eigenvalue weighted by Gasteiger charge is 1.96. The van der Waals surface area contributed by atoms with Crippen molar-refractivity contribution in [1.29, 1.82) is 0 Å². The molecule has 0 rings (SSSR count). The van der Waals surface area contributed by atoms with Crippen LogP contribution in [0.15, 0.2) is 23.4 Å². The van der Waals surface area contributed by atoms with Gasteiger partial charge in [0.15, 0.2) is 0 Å². The summed E-state index contributed by atoms with van der Waals surface area (Å²) in [4.78, 5) is 0. The Hall–Kier alpha value is -0.720. The van der Waals surface area contributed by atoms with Gasteiger partial charge in [-0.2, -0.15) is 0 Å². The van der Waals surface area contributed by atoms with Crippen LogP contribution in [-0.4, -0.2) is 0 Å². The van der Waals surface area contributed by atoms with Gasteiger partial charge in [-0.05, 0) is 31.3 Å². The van der Waals surface area contributed by atoms with Gasteiger partial charge in [-0.1, -0.05) is 39.3 Å². The molecule has 1 heteroatoms. The number of allylic oxidation sites excluding steroid dienone is 3. The smallest absolute Gasteiger partial charge is 0.0273 e. The lowest BCUT2D eigenvalue weighted by Gasteiger charge is -2.05. The van der Waals surface area contributed by atoms with Crippen molar-refractivity contribution in [2.75, 3.05) is 0 Å². The molecule has 0 radical (unpaired) electrons. The fourth-order valence-electron chi connectivity index (χ4n) is 0.860. The van der Waals surface area contributed by atoms with Crippen LogP contribution in [0.3, 0.4) is 0 Å². The highest BCUT2D eigenvalue weighted by atomic mass is 14.6. The molecule has 0 aliphatic heterocycles. The van der Waals surface area contributed by atoms with Crippen LogP contribution in [-0.2, 0) is 0 Å². The van der Waals surface area contributed by atoms with Gasteiger partial charge in [0.25, 0.3) is 0 Å². The van der Waals surface area contributed by atoms with Gasteiger partial charge in [-0.15, -0.1) is 0 Å². The molecular formula is C12H23N. The first-order chi connectivity index (χ1) is 5.93. The van der Waals surface area contributed by atoms with Crippen LogP contribution in [0.25, 0.3) is 0 Å². The van der Waals surface area contributed by atoms with Crippen molar-refractivity contribution in [3.05, 3.63) is 23.4 Å². The molecule has 0 aromatic rings. The molecule has 0 saturated carbocycles. The summed E-state index contributed by atoms with van der Waals surface area (Å²) in [6.07, 6.45) is 5.25. The zero-order valence-electron chi connectivity index (χ0n) is 9.59. The van der Waals surface area contributed by atoms with Crippen LogP contribution >= 0.6 is 0 Å². The highest BCUT2D eigenvalue weighted by Crippen LogP contribution is 2.10. The minimum Gasteiger partial charge on any atom is -0.399 e. The Morgan fingerprint density at radius 2 is 1.77 bits per heavy atom. The van der Waals surface area contributed by atoms with Gasteiger partial charge in [0, 0.05) is 5.70 Å². The molecule has 76 valence electrons. The molecule has 13 heavy (non-hydrogen) atoms. The van der Waals surface area contributed by atoms with E-state index in [0.717, 1.165) is 12.1 Å². The van der Waals surface area contributed by atoms with Crippen molar-refractivity contribution in [3.63, 3.8) is 0 Å². The van der Waals surface area contributed by atoms with Crippen LogP contribution in [0.1, 0.15) is 41.0 Å². The van der Waals surface area contributed by atoms with E-state index in [1.807, 2.05) is 0 Å². The van der Waals surface area contributed by atoms with Crippen LogP contribution in [0.4, 0.5) is 0 Å². The summed E-state index contributed by atoms with van der Waals surface area (Å²) in [5.74, 6) is 1.28. The maximum atomic E-state index is 5.85. The molecule has 0 aromatic carbocycles. The van der Waals surface area contributed by atoms with E-state index in [1.165, 1.54) is 5.57 Å². The summed E-state index contributed by atoms with van der Waals surface area (Å²) in [7, 11) is 0. The summed E-state index contributed by atoms with van der Waals surface area (Å²) in [5, 5.41) is 0. The van der Waals surface area contributed by atoms with Gasteiger partial charge in [0.1, 0.15) is 0 Å². The minimum absolute atomic E-state index is 0.589. The third kappa shape index (κ3) is 6.44. The van der Waals surface area contributed by atoms with Crippen molar-refractivity contribution in [1.82, 2.24) is 0 Å². The Morgan fingerprint density at radius 1 is 1.23 bits per heavy atom. The fraction of sp³-hybridized carbons (Fsp3) is 0.667. The summed E-state index contributed by atoms with van der Waals surface area (Å²) < 4.78 is 0. The Balaban J connectivity index is 4.19. The lowest BCUT2D eigenvalue weighted by Crippen LogP contribution is -1.98. The molecular weight excluding hydrogens is 158 g/mol. The van der Waals surface area contributed by atoms with Crippen molar-refractivity contribution < 1.29 is 0 Å². The Bertz CT molecular complexity index is 197. The molecule has 0 aliphatic carbocycles. The maximum Gasteiger partial charge on any atom is 0.0273 e. The van der Waals surface area contributed by atoms with Gasteiger partial charge < -0.3 is 5.73 Å². The lowest BCUT2D eigenvalue weighted by atomic mass is 10.0. The molecule has 0 aromatic heterocycles. The van der Waals surface area contributed by atoms with Gasteiger partial charge in [-0.25, -0.2) is 0 Å². The molecule has 1 nitrogen and oxygen atoms in total. The number of hydrogen-bond acceptors (Lipinski definition) is 1. The molecule has 0 atom stereocenters. The Morgan fingerprint density at radius 3 is 2.15 bits per heavy atom. The van der Waals surface area contributed by atoms with Crippen LogP contribution in [0.5, 0.6) is 0 Å². The van der Waals surface area contributed by atoms with E-state index < -0.39 is 0 Å². The average Bonchev–Trinajstić information content (AvgIpc) is 2.00. The molecule has 0 bridgehead atoms. The van der Waals surface area contributed by atoms with E-state index in [1.54, 1.807) is 0 Å². The minimum atomic E-state index is 0.589. The third-order valence-electron chi connectivity index (χ3n) is 2.13. The predicted octanol–water partition coefficient (Wildman–Crippen LogP) is 3.48. The third-order valence-corrected chi connectivity index (χ3v) is 2.13. The molecule has 0 saturated heterocycles. The molecule has 0 spiro atoms. The average molecular weight is 181 g/mol. The Labute approximate surface area is 82.7 Å². The topological polar surface area (TPSA) is 26.0 Å². The van der Waals surface area contributed by atoms with Crippen LogP contribution < -0.4 is 5.73 Å². The number of hydrogen-bond donors (Lipinski definition) is 1.